The molecule has 0 fully saturated rings. The zero-order valence-electron chi connectivity index (χ0n) is 13.3. The highest BCUT2D eigenvalue weighted by molar-refractivity contribution is 7.15. The van der Waals surface area contributed by atoms with Crippen molar-refractivity contribution in [3.8, 4) is 0 Å². The predicted octanol–water partition coefficient (Wildman–Crippen LogP) is 3.84. The lowest BCUT2D eigenvalue weighted by Gasteiger charge is -2.10. The number of ether oxygens (including phenoxy) is 1. The van der Waals surface area contributed by atoms with Gasteiger partial charge in [0.15, 0.2) is 0 Å². The summed E-state index contributed by atoms with van der Waals surface area (Å²) in [6.07, 6.45) is 2.63. The normalized spacial score (nSPS) is 11.0. The van der Waals surface area contributed by atoms with E-state index in [9.17, 15) is 10.1 Å². The van der Waals surface area contributed by atoms with E-state index in [0.717, 1.165) is 17.5 Å². The molecule has 7 nitrogen and oxygen atoms in total. The van der Waals surface area contributed by atoms with Gasteiger partial charge in [0.25, 0.3) is 4.96 Å². The van der Waals surface area contributed by atoms with Gasteiger partial charge in [-0.25, -0.2) is 0 Å². The van der Waals surface area contributed by atoms with Crippen LogP contribution in [0.1, 0.15) is 24.5 Å². The lowest BCUT2D eigenvalue weighted by Crippen LogP contribution is -2.06. The molecule has 3 aromatic rings. The number of anilines is 1. The number of aromatic nitrogens is 2. The number of fused-ring (bicyclic) bond motifs is 1. The fourth-order valence-electron chi connectivity index (χ4n) is 2.44. The van der Waals surface area contributed by atoms with Crippen molar-refractivity contribution in [1.29, 1.82) is 0 Å². The summed E-state index contributed by atoms with van der Waals surface area (Å²) in [4.78, 5) is 15.8. The van der Waals surface area contributed by atoms with Gasteiger partial charge < -0.3 is 20.2 Å². The highest BCUT2D eigenvalue weighted by Crippen LogP contribution is 2.28. The van der Waals surface area contributed by atoms with Crippen molar-refractivity contribution < 1.29 is 9.66 Å². The Labute approximate surface area is 143 Å². The van der Waals surface area contributed by atoms with Crippen LogP contribution in [0, 0.1) is 10.1 Å². The number of benzene rings is 1. The van der Waals surface area contributed by atoms with Crippen LogP contribution >= 0.6 is 11.3 Å². The Morgan fingerprint density at radius 2 is 2.17 bits per heavy atom. The standard InChI is InChI=1S/C16H18N4O3S/c1-2-8-23-11-13-6-4-3-5-12(13)10-17-14-15(20(21)22)19-7-9-24-16(19)18-14/h3-7,9,17H,2,8,10-11H2,1H3. The third kappa shape index (κ3) is 3.39. The molecular weight excluding hydrogens is 328 g/mol. The van der Waals surface area contributed by atoms with Crippen molar-refractivity contribution >= 4 is 27.9 Å². The van der Waals surface area contributed by atoms with E-state index < -0.39 is 4.92 Å². The third-order valence-corrected chi connectivity index (χ3v) is 4.34. The van der Waals surface area contributed by atoms with Crippen LogP contribution in [0.3, 0.4) is 0 Å². The molecule has 1 aromatic carbocycles. The summed E-state index contributed by atoms with van der Waals surface area (Å²) in [5, 5.41) is 16.2. The van der Waals surface area contributed by atoms with Gasteiger partial charge in [-0.2, -0.15) is 9.38 Å². The van der Waals surface area contributed by atoms with Crippen molar-refractivity contribution in [3.63, 3.8) is 0 Å². The second kappa shape index (κ2) is 7.41. The monoisotopic (exact) mass is 346 g/mol. The Bertz CT molecular complexity index is 843. The Hall–Kier alpha value is -2.45. The van der Waals surface area contributed by atoms with E-state index in [0.29, 0.717) is 24.7 Å². The molecule has 2 aromatic heterocycles. The van der Waals surface area contributed by atoms with Gasteiger partial charge in [0.05, 0.1) is 6.61 Å². The zero-order chi connectivity index (χ0) is 16.9. The van der Waals surface area contributed by atoms with Crippen LogP contribution in [0.4, 0.5) is 11.6 Å². The number of nitrogens with zero attached hydrogens (tertiary/aromatic N) is 3. The molecule has 0 saturated heterocycles. The lowest BCUT2D eigenvalue weighted by molar-refractivity contribution is -0.389. The highest BCUT2D eigenvalue weighted by atomic mass is 32.1. The largest absolute Gasteiger partial charge is 0.377 e. The molecule has 1 N–H and O–H groups in total. The first-order chi connectivity index (χ1) is 11.7. The van der Waals surface area contributed by atoms with Gasteiger partial charge in [-0.15, -0.1) is 0 Å². The maximum absolute atomic E-state index is 11.3. The van der Waals surface area contributed by atoms with Gasteiger partial charge in [-0.1, -0.05) is 42.5 Å². The molecular formula is C16H18N4O3S. The van der Waals surface area contributed by atoms with Gasteiger partial charge >= 0.3 is 5.82 Å². The van der Waals surface area contributed by atoms with E-state index in [1.807, 2.05) is 24.3 Å². The van der Waals surface area contributed by atoms with Crippen LogP contribution in [-0.2, 0) is 17.9 Å². The smallest absolute Gasteiger partial charge is 0.372 e. The first kappa shape index (κ1) is 16.4. The average Bonchev–Trinajstić information content (AvgIpc) is 3.14. The van der Waals surface area contributed by atoms with Crippen LogP contribution in [0.2, 0.25) is 0 Å². The quantitative estimate of drug-likeness (QED) is 0.381. The second-order valence-corrected chi connectivity index (χ2v) is 6.14. The van der Waals surface area contributed by atoms with E-state index in [2.05, 4.69) is 17.2 Å². The van der Waals surface area contributed by atoms with Gasteiger partial charge in [0.1, 0.15) is 6.20 Å². The molecule has 2 heterocycles. The molecule has 0 aliphatic heterocycles. The summed E-state index contributed by atoms with van der Waals surface area (Å²) < 4.78 is 7.09. The fourth-order valence-corrected chi connectivity index (χ4v) is 3.15. The molecule has 0 aliphatic rings. The Kier molecular flexibility index (Phi) is 5.07. The maximum atomic E-state index is 11.3. The minimum absolute atomic E-state index is 0.0361. The van der Waals surface area contributed by atoms with Crippen molar-refractivity contribution in [3.05, 3.63) is 57.1 Å². The molecule has 0 radical (unpaired) electrons. The van der Waals surface area contributed by atoms with Crippen LogP contribution in [0.5, 0.6) is 0 Å². The van der Waals surface area contributed by atoms with Crippen molar-refractivity contribution in [1.82, 2.24) is 9.38 Å². The number of hydrogen-bond acceptors (Lipinski definition) is 6. The van der Waals surface area contributed by atoms with Crippen LogP contribution in [-0.4, -0.2) is 20.9 Å². The first-order valence-corrected chi connectivity index (χ1v) is 8.57. The molecule has 0 unspecified atom stereocenters. The molecule has 126 valence electrons. The Balaban J connectivity index is 1.78. The summed E-state index contributed by atoms with van der Waals surface area (Å²) >= 11 is 1.37. The molecule has 3 rings (SSSR count). The molecule has 0 amide bonds. The Morgan fingerprint density at radius 1 is 1.38 bits per heavy atom. The molecule has 0 atom stereocenters. The maximum Gasteiger partial charge on any atom is 0.372 e. The first-order valence-electron chi connectivity index (χ1n) is 7.69. The molecule has 0 spiro atoms. The van der Waals surface area contributed by atoms with Crippen molar-refractivity contribution in [2.75, 3.05) is 11.9 Å². The average molecular weight is 346 g/mol. The summed E-state index contributed by atoms with van der Waals surface area (Å²) in [5.41, 5.74) is 2.11. The summed E-state index contributed by atoms with van der Waals surface area (Å²) in [5.74, 6) is 0.252. The number of hydrogen-bond donors (Lipinski definition) is 1. The van der Waals surface area contributed by atoms with Gasteiger partial charge in [-0.3, -0.25) is 0 Å². The van der Waals surface area contributed by atoms with Gasteiger partial charge in [0, 0.05) is 18.5 Å². The van der Waals surface area contributed by atoms with E-state index in [-0.39, 0.29) is 11.6 Å². The van der Waals surface area contributed by atoms with Crippen LogP contribution < -0.4 is 5.32 Å². The van der Waals surface area contributed by atoms with E-state index in [4.69, 9.17) is 4.74 Å². The number of thiazole rings is 1. The predicted molar refractivity (Wildman–Crippen MR) is 93.4 cm³/mol. The molecule has 8 heteroatoms. The molecule has 24 heavy (non-hydrogen) atoms. The summed E-state index contributed by atoms with van der Waals surface area (Å²) in [7, 11) is 0. The number of nitro groups is 1. The Morgan fingerprint density at radius 3 is 2.92 bits per heavy atom. The van der Waals surface area contributed by atoms with E-state index in [1.54, 1.807) is 11.6 Å². The molecule has 0 saturated carbocycles. The summed E-state index contributed by atoms with van der Waals surface area (Å²) in [6, 6.07) is 7.90. The number of rotatable bonds is 8. The SMILES string of the molecule is CCCOCc1ccccc1CNc1nc2sccn2c1[N+](=O)[O-]. The van der Waals surface area contributed by atoms with Crippen LogP contribution in [0.15, 0.2) is 35.8 Å². The van der Waals surface area contributed by atoms with E-state index >= 15 is 0 Å². The van der Waals surface area contributed by atoms with Crippen LogP contribution in [0.25, 0.3) is 4.96 Å². The molecule has 0 bridgehead atoms. The van der Waals surface area contributed by atoms with Gasteiger partial charge in [-0.05, 0) is 22.5 Å². The zero-order valence-corrected chi connectivity index (χ0v) is 14.1. The minimum atomic E-state index is -0.411. The topological polar surface area (TPSA) is 81.7 Å². The van der Waals surface area contributed by atoms with E-state index in [1.165, 1.54) is 15.7 Å². The van der Waals surface area contributed by atoms with Gasteiger partial charge in [0.2, 0.25) is 5.82 Å². The molecule has 0 aliphatic carbocycles. The fraction of sp³-hybridized carbons (Fsp3) is 0.312. The summed E-state index contributed by atoms with van der Waals surface area (Å²) in [6.45, 7) is 3.77. The van der Waals surface area contributed by atoms with Crippen molar-refractivity contribution in [2.24, 2.45) is 0 Å². The van der Waals surface area contributed by atoms with Crippen molar-refractivity contribution in [2.45, 2.75) is 26.5 Å². The second-order valence-electron chi connectivity index (χ2n) is 5.27. The number of nitrogens with one attached hydrogen (secondary N) is 1. The minimum Gasteiger partial charge on any atom is -0.377 e. The lowest BCUT2D eigenvalue weighted by atomic mass is 10.1. The number of imidazole rings is 1. The highest BCUT2D eigenvalue weighted by Gasteiger charge is 2.23. The third-order valence-electron chi connectivity index (χ3n) is 3.58.